The minimum absolute atomic E-state index is 0.0773. The summed E-state index contributed by atoms with van der Waals surface area (Å²) in [5, 5.41) is 0. The third-order valence-electron chi connectivity index (χ3n) is 3.04. The van der Waals surface area contributed by atoms with E-state index in [1.54, 1.807) is 24.3 Å². The quantitative estimate of drug-likeness (QED) is 0.593. The van der Waals surface area contributed by atoms with Crippen LogP contribution in [-0.2, 0) is 9.59 Å². The number of hydrogen-bond acceptors (Lipinski definition) is 3. The van der Waals surface area contributed by atoms with E-state index in [-0.39, 0.29) is 17.6 Å². The SMILES string of the molecule is CC(=O)c1cccc(N2C(=O)CCCCC2=O)c1. The number of benzene rings is 1. The van der Waals surface area contributed by atoms with Gasteiger partial charge in [0.2, 0.25) is 11.8 Å². The Morgan fingerprint density at radius 1 is 1.11 bits per heavy atom. The number of carbonyl (C=O) groups is 3. The first-order valence-corrected chi connectivity index (χ1v) is 6.06. The molecular weight excluding hydrogens is 230 g/mol. The predicted molar refractivity (Wildman–Crippen MR) is 67.4 cm³/mol. The predicted octanol–water partition coefficient (Wildman–Crippen LogP) is 2.32. The van der Waals surface area contributed by atoms with Crippen LogP contribution in [0.15, 0.2) is 24.3 Å². The summed E-state index contributed by atoms with van der Waals surface area (Å²) in [4.78, 5) is 36.4. The molecule has 1 aliphatic heterocycles. The number of anilines is 1. The molecule has 18 heavy (non-hydrogen) atoms. The molecule has 4 nitrogen and oxygen atoms in total. The molecule has 1 aromatic rings. The fourth-order valence-corrected chi connectivity index (χ4v) is 2.07. The van der Waals surface area contributed by atoms with Crippen molar-refractivity contribution in [3.63, 3.8) is 0 Å². The van der Waals surface area contributed by atoms with Gasteiger partial charge in [0.05, 0.1) is 5.69 Å². The number of nitrogens with zero attached hydrogens (tertiary/aromatic N) is 1. The molecule has 0 atom stereocenters. The zero-order valence-electron chi connectivity index (χ0n) is 10.3. The second kappa shape index (κ2) is 5.12. The van der Waals surface area contributed by atoms with E-state index in [1.165, 1.54) is 11.8 Å². The highest BCUT2D eigenvalue weighted by Crippen LogP contribution is 2.22. The first-order valence-electron chi connectivity index (χ1n) is 6.06. The molecule has 1 aliphatic rings. The van der Waals surface area contributed by atoms with E-state index < -0.39 is 0 Å². The lowest BCUT2D eigenvalue weighted by Crippen LogP contribution is -2.35. The molecule has 94 valence electrons. The van der Waals surface area contributed by atoms with Gasteiger partial charge < -0.3 is 0 Å². The lowest BCUT2D eigenvalue weighted by atomic mass is 10.1. The summed E-state index contributed by atoms with van der Waals surface area (Å²) in [7, 11) is 0. The van der Waals surface area contributed by atoms with Crippen LogP contribution >= 0.6 is 0 Å². The molecule has 0 radical (unpaired) electrons. The van der Waals surface area contributed by atoms with Crippen LogP contribution < -0.4 is 4.90 Å². The van der Waals surface area contributed by atoms with Gasteiger partial charge in [-0.3, -0.25) is 19.3 Å². The fourth-order valence-electron chi connectivity index (χ4n) is 2.07. The smallest absolute Gasteiger partial charge is 0.233 e. The summed E-state index contributed by atoms with van der Waals surface area (Å²) in [5.41, 5.74) is 1.01. The Morgan fingerprint density at radius 2 is 1.72 bits per heavy atom. The van der Waals surface area contributed by atoms with Crippen LogP contribution in [-0.4, -0.2) is 17.6 Å². The summed E-state index contributed by atoms with van der Waals surface area (Å²) in [5.74, 6) is -0.442. The van der Waals surface area contributed by atoms with Crippen molar-refractivity contribution in [1.29, 1.82) is 0 Å². The molecule has 1 heterocycles. The van der Waals surface area contributed by atoms with Gasteiger partial charge in [-0.1, -0.05) is 12.1 Å². The van der Waals surface area contributed by atoms with Gasteiger partial charge in [-0.2, -0.15) is 0 Å². The van der Waals surface area contributed by atoms with E-state index in [4.69, 9.17) is 0 Å². The largest absolute Gasteiger partial charge is 0.295 e. The third-order valence-corrected chi connectivity index (χ3v) is 3.04. The maximum absolute atomic E-state index is 11.9. The van der Waals surface area contributed by atoms with Crippen molar-refractivity contribution in [3.05, 3.63) is 29.8 Å². The van der Waals surface area contributed by atoms with Crippen molar-refractivity contribution in [2.24, 2.45) is 0 Å². The minimum Gasteiger partial charge on any atom is -0.295 e. The van der Waals surface area contributed by atoms with Crippen molar-refractivity contribution < 1.29 is 14.4 Å². The maximum Gasteiger partial charge on any atom is 0.233 e. The van der Waals surface area contributed by atoms with Crippen LogP contribution in [0.2, 0.25) is 0 Å². The molecule has 2 amide bonds. The zero-order valence-corrected chi connectivity index (χ0v) is 10.3. The van der Waals surface area contributed by atoms with Crippen molar-refractivity contribution >= 4 is 23.3 Å². The normalized spacial score (nSPS) is 16.6. The summed E-state index contributed by atoms with van der Waals surface area (Å²) < 4.78 is 0. The van der Waals surface area contributed by atoms with Gasteiger partial charge >= 0.3 is 0 Å². The molecular formula is C14H15NO3. The van der Waals surface area contributed by atoms with Crippen molar-refractivity contribution in [2.75, 3.05) is 4.90 Å². The van der Waals surface area contributed by atoms with E-state index in [9.17, 15) is 14.4 Å². The van der Waals surface area contributed by atoms with Gasteiger partial charge in [0.25, 0.3) is 0 Å². The molecule has 0 aliphatic carbocycles. The molecule has 1 saturated heterocycles. The van der Waals surface area contributed by atoms with Crippen molar-refractivity contribution in [2.45, 2.75) is 32.6 Å². The first kappa shape index (κ1) is 12.5. The van der Waals surface area contributed by atoms with Crippen LogP contribution in [0, 0.1) is 0 Å². The second-order valence-corrected chi connectivity index (χ2v) is 4.44. The highest BCUT2D eigenvalue weighted by Gasteiger charge is 2.25. The monoisotopic (exact) mass is 245 g/mol. The Kier molecular flexibility index (Phi) is 3.55. The number of rotatable bonds is 2. The fraction of sp³-hybridized carbons (Fsp3) is 0.357. The van der Waals surface area contributed by atoms with E-state index in [1.807, 2.05) is 0 Å². The van der Waals surface area contributed by atoms with Crippen molar-refractivity contribution in [3.8, 4) is 0 Å². The molecule has 0 spiro atoms. The lowest BCUT2D eigenvalue weighted by molar-refractivity contribution is -0.125. The molecule has 0 aromatic heterocycles. The highest BCUT2D eigenvalue weighted by atomic mass is 16.2. The van der Waals surface area contributed by atoms with E-state index in [2.05, 4.69) is 0 Å². The molecule has 0 saturated carbocycles. The zero-order chi connectivity index (χ0) is 13.1. The summed E-state index contributed by atoms with van der Waals surface area (Å²) in [6, 6.07) is 6.66. The van der Waals surface area contributed by atoms with Gasteiger partial charge in [0.1, 0.15) is 0 Å². The van der Waals surface area contributed by atoms with E-state index in [0.717, 1.165) is 12.8 Å². The number of carbonyl (C=O) groups excluding carboxylic acids is 3. The van der Waals surface area contributed by atoms with Crippen LogP contribution in [0.25, 0.3) is 0 Å². The van der Waals surface area contributed by atoms with Crippen LogP contribution in [0.1, 0.15) is 43.0 Å². The number of ketones is 1. The van der Waals surface area contributed by atoms with Crippen LogP contribution in [0.5, 0.6) is 0 Å². The van der Waals surface area contributed by atoms with E-state index in [0.29, 0.717) is 24.1 Å². The third kappa shape index (κ3) is 2.47. The van der Waals surface area contributed by atoms with Crippen LogP contribution in [0.4, 0.5) is 5.69 Å². The van der Waals surface area contributed by atoms with Gasteiger partial charge in [0, 0.05) is 18.4 Å². The maximum atomic E-state index is 11.9. The second-order valence-electron chi connectivity index (χ2n) is 4.44. The number of hydrogen-bond donors (Lipinski definition) is 0. The van der Waals surface area contributed by atoms with Gasteiger partial charge in [-0.25, -0.2) is 0 Å². The molecule has 1 fully saturated rings. The van der Waals surface area contributed by atoms with Gasteiger partial charge in [-0.05, 0) is 31.9 Å². The number of Topliss-reactive ketones (excluding diaryl/α,β-unsaturated/α-hetero) is 1. The Balaban J connectivity index is 2.39. The molecule has 2 rings (SSSR count). The Morgan fingerprint density at radius 3 is 2.28 bits per heavy atom. The average Bonchev–Trinajstić information content (AvgIpc) is 2.51. The highest BCUT2D eigenvalue weighted by molar-refractivity contribution is 6.15. The summed E-state index contributed by atoms with van der Waals surface area (Å²) >= 11 is 0. The average molecular weight is 245 g/mol. The number of imide groups is 1. The van der Waals surface area contributed by atoms with Gasteiger partial charge in [0.15, 0.2) is 5.78 Å². The summed E-state index contributed by atoms with van der Waals surface area (Å²) in [6.07, 6.45) is 2.26. The molecule has 1 aromatic carbocycles. The first-order chi connectivity index (χ1) is 8.59. The molecule has 0 bridgehead atoms. The molecule has 4 heteroatoms. The Hall–Kier alpha value is -1.97. The van der Waals surface area contributed by atoms with Crippen LogP contribution in [0.3, 0.4) is 0 Å². The topological polar surface area (TPSA) is 54.5 Å². The lowest BCUT2D eigenvalue weighted by Gasteiger charge is -2.19. The number of amides is 2. The van der Waals surface area contributed by atoms with Crippen molar-refractivity contribution in [1.82, 2.24) is 0 Å². The minimum atomic E-state index is -0.182. The molecule has 0 unspecified atom stereocenters. The molecule has 0 N–H and O–H groups in total. The summed E-state index contributed by atoms with van der Waals surface area (Å²) in [6.45, 7) is 1.46. The van der Waals surface area contributed by atoms with Gasteiger partial charge in [-0.15, -0.1) is 0 Å². The van der Waals surface area contributed by atoms with E-state index >= 15 is 0 Å². The Labute approximate surface area is 106 Å². The standard InChI is InChI=1S/C14H15NO3/c1-10(16)11-5-4-6-12(9-11)15-13(17)7-2-3-8-14(15)18/h4-6,9H,2-3,7-8H2,1H3. The Bertz CT molecular complexity index is 490.